The van der Waals surface area contributed by atoms with Gasteiger partial charge in [-0.1, -0.05) is 80.9 Å². The maximum Gasteiger partial charge on any atom is 0.315 e. The van der Waals surface area contributed by atoms with Crippen LogP contribution in [0.25, 0.3) is 10.9 Å². The number of urea groups is 1. The molecule has 0 unspecified atom stereocenters. The number of aliphatic hydroxyl groups excluding tert-OH is 1. The van der Waals surface area contributed by atoms with Crippen molar-refractivity contribution in [2.45, 2.75) is 147 Å². The van der Waals surface area contributed by atoms with E-state index in [0.29, 0.717) is 36.9 Å². The molecule has 0 aliphatic carbocycles. The van der Waals surface area contributed by atoms with E-state index >= 15 is 0 Å². The van der Waals surface area contributed by atoms with Gasteiger partial charge in [0.15, 0.2) is 29.1 Å². The van der Waals surface area contributed by atoms with Crippen LogP contribution in [-0.4, -0.2) is 149 Å². The number of phenols is 1. The third-order valence-corrected chi connectivity index (χ3v) is 15.1. The van der Waals surface area contributed by atoms with E-state index in [9.17, 15) is 63.0 Å². The molecule has 89 heavy (non-hydrogen) atoms. The van der Waals surface area contributed by atoms with Gasteiger partial charge in [0, 0.05) is 75.1 Å². The number of carbonyl (C=O) groups excluding carboxylic acids is 11. The molecular formula is C63H89N13O13. The molecule has 0 saturated carbocycles. The van der Waals surface area contributed by atoms with Crippen molar-refractivity contribution in [3.8, 4) is 5.75 Å². The summed E-state index contributed by atoms with van der Waals surface area (Å²) in [5.41, 5.74) is 25.7. The van der Waals surface area contributed by atoms with E-state index in [4.69, 9.17) is 22.9 Å². The molecule has 1 aromatic heterocycles. The molecule has 0 radical (unpaired) electrons. The number of aliphatic hydroxyl groups is 1. The normalized spacial score (nSPS) is 14.5. The summed E-state index contributed by atoms with van der Waals surface area (Å²) in [7, 11) is 1.50. The monoisotopic (exact) mass is 1240 g/mol. The SMILES string of the molecule is CN=C(N)NCCC[C@H](CC(=O)[C@H](CC(C)C)NC(=O)NCC(=O)[C@H](Cc1ccccc1)NC(=O)[C@@H](CC(=O)[C@H](CC(N)=O)NC(=O)[C@H](CCCCN)CC(=O)[C@@H](Cc1ccc(O)cc1)NC(C)=O)[C@@H](C)O)C(=O)N[C@@H](Cc1c[nH]c2ccccc12)C(N)=O. The number of Topliss-reactive ketones (excluding diaryl/α,β-unsaturated/α-hetero) is 4. The number of primary amides is 2. The lowest BCUT2D eigenvalue weighted by molar-refractivity contribution is -0.137. The van der Waals surface area contributed by atoms with Gasteiger partial charge in [0.1, 0.15) is 11.8 Å². The molecule has 0 aliphatic heterocycles. The van der Waals surface area contributed by atoms with Crippen molar-refractivity contribution in [3.63, 3.8) is 0 Å². The maximum absolute atomic E-state index is 14.3. The predicted octanol–water partition coefficient (Wildman–Crippen LogP) is 1.05. The molecule has 4 aromatic rings. The van der Waals surface area contributed by atoms with Gasteiger partial charge in [-0.15, -0.1) is 0 Å². The Bertz CT molecular complexity index is 3080. The first-order valence-electron chi connectivity index (χ1n) is 29.9. The van der Waals surface area contributed by atoms with Crippen LogP contribution in [0.1, 0.15) is 109 Å². The summed E-state index contributed by atoms with van der Waals surface area (Å²) in [5, 5.41) is 40.2. The zero-order valence-corrected chi connectivity index (χ0v) is 51.3. The molecule has 0 fully saturated rings. The van der Waals surface area contributed by atoms with Crippen LogP contribution in [-0.2, 0) is 67.2 Å². The fraction of sp³-hybridized carbons (Fsp3) is 0.492. The summed E-state index contributed by atoms with van der Waals surface area (Å²) in [6.45, 7) is 5.97. The number of hydrogen-bond acceptors (Lipinski definition) is 15. The highest BCUT2D eigenvalue weighted by Crippen LogP contribution is 2.23. The number of ketones is 4. The van der Waals surface area contributed by atoms with Gasteiger partial charge in [-0.05, 0) is 99.2 Å². The van der Waals surface area contributed by atoms with E-state index in [2.05, 4.69) is 47.2 Å². The lowest BCUT2D eigenvalue weighted by Crippen LogP contribution is -2.53. The van der Waals surface area contributed by atoms with Gasteiger partial charge in [-0.25, -0.2) is 4.79 Å². The number of carbonyl (C=O) groups is 11. The molecule has 484 valence electrons. The highest BCUT2D eigenvalue weighted by Gasteiger charge is 2.36. The number of guanidine groups is 1. The van der Waals surface area contributed by atoms with Crippen LogP contribution in [0.4, 0.5) is 4.79 Å². The number of H-pyrrole nitrogens is 1. The van der Waals surface area contributed by atoms with E-state index in [0.717, 1.165) is 16.5 Å². The number of unbranched alkanes of at least 4 members (excludes halogenated alkanes) is 1. The number of aromatic nitrogens is 1. The molecule has 0 aliphatic rings. The number of rotatable bonds is 40. The predicted molar refractivity (Wildman–Crippen MR) is 334 cm³/mol. The molecule has 26 heteroatoms. The first-order chi connectivity index (χ1) is 42.3. The topological polar surface area (TPSA) is 445 Å². The second-order valence-corrected chi connectivity index (χ2v) is 22.8. The van der Waals surface area contributed by atoms with Crippen LogP contribution in [0.2, 0.25) is 0 Å². The van der Waals surface area contributed by atoms with Crippen molar-refractivity contribution in [3.05, 3.63) is 102 Å². The molecule has 9 atom stereocenters. The van der Waals surface area contributed by atoms with Crippen molar-refractivity contribution >= 4 is 81.5 Å². The number of phenolic OH excluding ortho intramolecular Hbond substituents is 1. The Morgan fingerprint density at radius 3 is 1.73 bits per heavy atom. The van der Waals surface area contributed by atoms with Gasteiger partial charge in [-0.3, -0.25) is 52.9 Å². The molecule has 1 heterocycles. The molecule has 8 amide bonds. The summed E-state index contributed by atoms with van der Waals surface area (Å²) in [6.07, 6.45) is -0.548. The van der Waals surface area contributed by atoms with Crippen molar-refractivity contribution in [2.24, 2.45) is 51.6 Å². The number of para-hydroxylation sites is 1. The summed E-state index contributed by atoms with van der Waals surface area (Å²) in [4.78, 5) is 157. The average molecular weight is 1240 g/mol. The molecule has 0 spiro atoms. The Morgan fingerprint density at radius 1 is 0.584 bits per heavy atom. The van der Waals surface area contributed by atoms with Gasteiger partial charge < -0.3 is 75.3 Å². The number of amides is 8. The van der Waals surface area contributed by atoms with Crippen molar-refractivity contribution in [2.75, 3.05) is 26.7 Å². The summed E-state index contributed by atoms with van der Waals surface area (Å²) >= 11 is 0. The molecule has 18 N–H and O–H groups in total. The molecule has 4 rings (SSSR count). The van der Waals surface area contributed by atoms with E-state index < -0.39 is 144 Å². The Labute approximate surface area is 518 Å². The number of hydrogen-bond donors (Lipinski definition) is 14. The first kappa shape index (κ1) is 72.4. The summed E-state index contributed by atoms with van der Waals surface area (Å²) < 4.78 is 0. The number of aromatic amines is 1. The van der Waals surface area contributed by atoms with Crippen molar-refractivity contribution in [1.82, 2.24) is 42.2 Å². The number of benzene rings is 3. The minimum absolute atomic E-state index is 0.0102. The lowest BCUT2D eigenvalue weighted by Gasteiger charge is -2.26. The Morgan fingerprint density at radius 2 is 1.15 bits per heavy atom. The summed E-state index contributed by atoms with van der Waals surface area (Å²) in [5.74, 6) is -11.0. The van der Waals surface area contributed by atoms with Gasteiger partial charge >= 0.3 is 6.03 Å². The minimum Gasteiger partial charge on any atom is -0.508 e. The van der Waals surface area contributed by atoms with Crippen molar-refractivity contribution in [1.29, 1.82) is 0 Å². The third kappa shape index (κ3) is 25.3. The smallest absolute Gasteiger partial charge is 0.315 e. The van der Waals surface area contributed by atoms with Crippen LogP contribution >= 0.6 is 0 Å². The number of nitrogens with two attached hydrogens (primary N) is 4. The highest BCUT2D eigenvalue weighted by molar-refractivity contribution is 5.99. The fourth-order valence-corrected chi connectivity index (χ4v) is 10.2. The highest BCUT2D eigenvalue weighted by atomic mass is 16.3. The molecule has 0 saturated heterocycles. The van der Waals surface area contributed by atoms with Crippen LogP contribution < -0.4 is 60.2 Å². The molecule has 26 nitrogen and oxygen atoms in total. The van der Waals surface area contributed by atoms with E-state index in [1.165, 1.54) is 33.0 Å². The number of aliphatic imine (C=N–C) groups is 1. The zero-order chi connectivity index (χ0) is 65.7. The lowest BCUT2D eigenvalue weighted by atomic mass is 9.89. The number of nitrogens with one attached hydrogen (secondary N) is 8. The van der Waals surface area contributed by atoms with Crippen molar-refractivity contribution < 1.29 is 63.0 Å². The zero-order valence-electron chi connectivity index (χ0n) is 51.3. The van der Waals surface area contributed by atoms with E-state index in [1.54, 1.807) is 48.7 Å². The Kier molecular flexibility index (Phi) is 30.1. The van der Waals surface area contributed by atoms with Crippen LogP contribution in [0.3, 0.4) is 0 Å². The van der Waals surface area contributed by atoms with Gasteiger partial charge in [0.05, 0.1) is 49.2 Å². The Balaban J connectivity index is 1.50. The largest absolute Gasteiger partial charge is 0.508 e. The number of aromatic hydroxyl groups is 1. The molecule has 3 aromatic carbocycles. The molecule has 0 bridgehead atoms. The maximum atomic E-state index is 14.3. The van der Waals surface area contributed by atoms with E-state index in [-0.39, 0.29) is 69.1 Å². The van der Waals surface area contributed by atoms with Crippen LogP contribution in [0.5, 0.6) is 5.75 Å². The summed E-state index contributed by atoms with van der Waals surface area (Å²) in [6, 6.07) is 14.6. The number of nitrogens with zero attached hydrogens (tertiary/aromatic N) is 1. The van der Waals surface area contributed by atoms with E-state index in [1.807, 2.05) is 38.1 Å². The second-order valence-electron chi connectivity index (χ2n) is 22.8. The Hall–Kier alpha value is -9.04. The first-order valence-corrected chi connectivity index (χ1v) is 29.9. The fourth-order valence-electron chi connectivity index (χ4n) is 10.2. The average Bonchev–Trinajstić information content (AvgIpc) is 3.26. The quantitative estimate of drug-likeness (QED) is 0.0168. The second kappa shape index (κ2) is 37.0. The van der Waals surface area contributed by atoms with Gasteiger partial charge in [0.25, 0.3) is 0 Å². The van der Waals surface area contributed by atoms with Crippen LogP contribution in [0, 0.1) is 23.7 Å². The minimum atomic E-state index is -1.64. The molecular weight excluding hydrogens is 1150 g/mol. The van der Waals surface area contributed by atoms with Crippen LogP contribution in [0.15, 0.2) is 90.1 Å². The number of fused-ring (bicyclic) bond motifs is 1. The standard InChI is InChI=1S/C63H89N13O13/c1-36(2)26-48(53(80)31-42(17-13-25-69-62(67)68-5)60(87)75-52(58(66)85)29-43-34-70-47-19-10-9-18-45(43)47)76-63(89)71-35-56(83)50(27-39-14-7-6-8-15-39)74-61(88)46(37(3)77)32-55(82)51(33-57(65)84)73-59(86)41(16-11-12-24-64)30-54(81)49(72-38(4)78)28-40-20-22-44(79)23-21-40/h6-10,14-15,18-23,34,36-37,41-42,46,48-52,70,77,79H,11-13,16-17,24-33,35,64H2,1-5H3,(H2,65,84)(H2,66,85)(H,72,78)(H,73,86)(H,74,88)(H,75,87)(H3,67,68,69)(H2,71,76,89)/t37-,41-,42-,46+,48+,49-,50+,51+,52+/m1/s1. The van der Waals surface area contributed by atoms with Gasteiger partial charge in [0.2, 0.25) is 35.4 Å². The third-order valence-electron chi connectivity index (χ3n) is 15.1. The van der Waals surface area contributed by atoms with Gasteiger partial charge in [-0.2, -0.15) is 0 Å².